The molecule has 2 rings (SSSR count). The molecular formula is C10H13N3. The fraction of sp³-hybridized carbons (Fsp3) is 0.400. The second-order valence-electron chi connectivity index (χ2n) is 3.25. The maximum atomic E-state index is 4.52. The Hall–Kier alpha value is -1.38. The van der Waals surface area contributed by atoms with Crippen LogP contribution in [-0.4, -0.2) is 14.6 Å². The summed E-state index contributed by atoms with van der Waals surface area (Å²) in [7, 11) is 0. The van der Waals surface area contributed by atoms with E-state index >= 15 is 0 Å². The van der Waals surface area contributed by atoms with E-state index in [0.29, 0.717) is 0 Å². The molecule has 0 unspecified atom stereocenters. The van der Waals surface area contributed by atoms with E-state index in [2.05, 4.69) is 23.9 Å². The van der Waals surface area contributed by atoms with Gasteiger partial charge in [0.1, 0.15) is 0 Å². The molecule has 0 fully saturated rings. The van der Waals surface area contributed by atoms with Crippen molar-refractivity contribution in [2.24, 2.45) is 0 Å². The minimum atomic E-state index is 0.939. The van der Waals surface area contributed by atoms with Gasteiger partial charge in [-0.25, -0.2) is 9.50 Å². The van der Waals surface area contributed by atoms with Crippen molar-refractivity contribution in [2.75, 3.05) is 0 Å². The summed E-state index contributed by atoms with van der Waals surface area (Å²) in [5.74, 6) is 0. The Balaban J connectivity index is 2.56. The number of aromatic nitrogens is 3. The van der Waals surface area contributed by atoms with Gasteiger partial charge in [-0.05, 0) is 18.9 Å². The van der Waals surface area contributed by atoms with Gasteiger partial charge in [-0.3, -0.25) is 0 Å². The molecule has 0 aliphatic heterocycles. The third kappa shape index (κ3) is 1.41. The average Bonchev–Trinajstić information content (AvgIpc) is 2.52. The van der Waals surface area contributed by atoms with Gasteiger partial charge < -0.3 is 0 Å². The normalized spacial score (nSPS) is 10.9. The Morgan fingerprint density at radius 1 is 1.46 bits per heavy atom. The third-order valence-corrected chi connectivity index (χ3v) is 2.16. The molecular weight excluding hydrogens is 162 g/mol. The Labute approximate surface area is 77.4 Å². The maximum absolute atomic E-state index is 4.52. The largest absolute Gasteiger partial charge is 0.233 e. The van der Waals surface area contributed by atoms with Gasteiger partial charge in [0.15, 0.2) is 5.65 Å². The van der Waals surface area contributed by atoms with E-state index in [-0.39, 0.29) is 0 Å². The zero-order valence-electron chi connectivity index (χ0n) is 7.99. The summed E-state index contributed by atoms with van der Waals surface area (Å²) in [6.45, 7) is 4.25. The summed E-state index contributed by atoms with van der Waals surface area (Å²) in [5.41, 5.74) is 3.35. The molecule has 3 nitrogen and oxygen atoms in total. The van der Waals surface area contributed by atoms with Crippen molar-refractivity contribution in [3.8, 4) is 0 Å². The second kappa shape index (κ2) is 3.17. The number of hydrogen-bond donors (Lipinski definition) is 0. The van der Waals surface area contributed by atoms with Gasteiger partial charge in [0, 0.05) is 18.0 Å². The predicted molar refractivity (Wildman–Crippen MR) is 51.7 cm³/mol. The molecule has 13 heavy (non-hydrogen) atoms. The van der Waals surface area contributed by atoms with Crippen LogP contribution in [0, 0.1) is 6.92 Å². The number of aryl methyl sites for hydroxylation is 2. The number of rotatable bonds is 2. The first kappa shape index (κ1) is 8.23. The molecule has 0 radical (unpaired) electrons. The van der Waals surface area contributed by atoms with E-state index in [1.165, 1.54) is 11.3 Å². The van der Waals surface area contributed by atoms with Crippen LogP contribution in [0.1, 0.15) is 24.6 Å². The monoisotopic (exact) mass is 175 g/mol. The van der Waals surface area contributed by atoms with Crippen LogP contribution in [0.2, 0.25) is 0 Å². The van der Waals surface area contributed by atoms with Crippen molar-refractivity contribution in [1.29, 1.82) is 0 Å². The molecule has 0 aliphatic rings. The SMILES string of the molecule is CCCc1nc2ccnn2cc1C. The predicted octanol–water partition coefficient (Wildman–Crippen LogP) is 1.99. The summed E-state index contributed by atoms with van der Waals surface area (Å²) in [6.07, 6.45) is 6.00. The lowest BCUT2D eigenvalue weighted by molar-refractivity contribution is 0.843. The average molecular weight is 175 g/mol. The molecule has 0 saturated heterocycles. The first-order chi connectivity index (χ1) is 6.31. The van der Waals surface area contributed by atoms with Crippen LogP contribution < -0.4 is 0 Å². The van der Waals surface area contributed by atoms with Crippen LogP contribution in [0.4, 0.5) is 0 Å². The lowest BCUT2D eigenvalue weighted by atomic mass is 10.2. The van der Waals surface area contributed by atoms with Gasteiger partial charge in [0.25, 0.3) is 0 Å². The lowest BCUT2D eigenvalue weighted by Crippen LogP contribution is -1.98. The van der Waals surface area contributed by atoms with E-state index < -0.39 is 0 Å². The van der Waals surface area contributed by atoms with E-state index in [1.807, 2.05) is 16.8 Å². The van der Waals surface area contributed by atoms with Gasteiger partial charge in [-0.15, -0.1) is 0 Å². The fourth-order valence-corrected chi connectivity index (χ4v) is 1.47. The fourth-order valence-electron chi connectivity index (χ4n) is 1.47. The van der Waals surface area contributed by atoms with Crippen molar-refractivity contribution in [2.45, 2.75) is 26.7 Å². The van der Waals surface area contributed by atoms with Crippen LogP contribution in [0.15, 0.2) is 18.5 Å². The number of fused-ring (bicyclic) bond motifs is 1. The molecule has 0 bridgehead atoms. The Morgan fingerprint density at radius 3 is 3.08 bits per heavy atom. The highest BCUT2D eigenvalue weighted by Crippen LogP contribution is 2.09. The highest BCUT2D eigenvalue weighted by molar-refractivity contribution is 5.38. The van der Waals surface area contributed by atoms with Crippen molar-refractivity contribution >= 4 is 5.65 Å². The van der Waals surface area contributed by atoms with E-state index in [9.17, 15) is 0 Å². The minimum absolute atomic E-state index is 0.939. The summed E-state index contributed by atoms with van der Waals surface area (Å²) in [6, 6.07) is 1.93. The van der Waals surface area contributed by atoms with Crippen molar-refractivity contribution in [3.05, 3.63) is 29.7 Å². The molecule has 0 N–H and O–H groups in total. The van der Waals surface area contributed by atoms with Crippen LogP contribution >= 0.6 is 0 Å². The van der Waals surface area contributed by atoms with Crippen molar-refractivity contribution in [3.63, 3.8) is 0 Å². The molecule has 0 spiro atoms. The molecule has 2 aromatic heterocycles. The number of nitrogens with zero attached hydrogens (tertiary/aromatic N) is 3. The van der Waals surface area contributed by atoms with Gasteiger partial charge in [-0.1, -0.05) is 13.3 Å². The van der Waals surface area contributed by atoms with Crippen LogP contribution in [-0.2, 0) is 6.42 Å². The van der Waals surface area contributed by atoms with Gasteiger partial charge in [-0.2, -0.15) is 5.10 Å². The Bertz CT molecular complexity index is 417. The van der Waals surface area contributed by atoms with Crippen molar-refractivity contribution < 1.29 is 0 Å². The minimum Gasteiger partial charge on any atom is -0.233 e. The van der Waals surface area contributed by atoms with Crippen LogP contribution in [0.3, 0.4) is 0 Å². The molecule has 0 atom stereocenters. The third-order valence-electron chi connectivity index (χ3n) is 2.16. The van der Waals surface area contributed by atoms with E-state index in [4.69, 9.17) is 0 Å². The van der Waals surface area contributed by atoms with Gasteiger partial charge in [0.05, 0.1) is 6.20 Å². The molecule has 2 aromatic rings. The van der Waals surface area contributed by atoms with E-state index in [1.54, 1.807) is 6.20 Å². The van der Waals surface area contributed by atoms with Crippen LogP contribution in [0.5, 0.6) is 0 Å². The smallest absolute Gasteiger partial charge is 0.155 e. The van der Waals surface area contributed by atoms with Crippen LogP contribution in [0.25, 0.3) is 5.65 Å². The number of hydrogen-bond acceptors (Lipinski definition) is 2. The quantitative estimate of drug-likeness (QED) is 0.698. The zero-order valence-corrected chi connectivity index (χ0v) is 7.99. The highest BCUT2D eigenvalue weighted by Gasteiger charge is 2.02. The molecule has 0 aliphatic carbocycles. The summed E-state index contributed by atoms with van der Waals surface area (Å²) < 4.78 is 1.81. The molecule has 2 heterocycles. The van der Waals surface area contributed by atoms with Gasteiger partial charge >= 0.3 is 0 Å². The molecule has 3 heteroatoms. The molecule has 0 aromatic carbocycles. The maximum Gasteiger partial charge on any atom is 0.155 e. The molecule has 0 saturated carbocycles. The van der Waals surface area contributed by atoms with Crippen molar-refractivity contribution in [1.82, 2.24) is 14.6 Å². The Morgan fingerprint density at radius 2 is 2.31 bits per heavy atom. The standard InChI is InChI=1S/C10H13N3/c1-3-4-9-8(2)7-13-10(12-9)5-6-11-13/h5-7H,3-4H2,1-2H3. The summed E-state index contributed by atoms with van der Waals surface area (Å²) in [5, 5.41) is 4.13. The highest BCUT2D eigenvalue weighted by atomic mass is 15.2. The summed E-state index contributed by atoms with van der Waals surface area (Å²) in [4.78, 5) is 4.52. The lowest BCUT2D eigenvalue weighted by Gasteiger charge is -2.03. The Kier molecular flexibility index (Phi) is 2.00. The van der Waals surface area contributed by atoms with Gasteiger partial charge in [0.2, 0.25) is 0 Å². The zero-order chi connectivity index (χ0) is 9.26. The second-order valence-corrected chi connectivity index (χ2v) is 3.25. The first-order valence-electron chi connectivity index (χ1n) is 4.61. The first-order valence-corrected chi connectivity index (χ1v) is 4.61. The molecule has 68 valence electrons. The topological polar surface area (TPSA) is 30.2 Å². The molecule has 0 amide bonds. The van der Waals surface area contributed by atoms with E-state index in [0.717, 1.165) is 18.5 Å². The summed E-state index contributed by atoms with van der Waals surface area (Å²) >= 11 is 0.